The van der Waals surface area contributed by atoms with Crippen LogP contribution in [-0.4, -0.2) is 0 Å². The summed E-state index contributed by atoms with van der Waals surface area (Å²) in [5.41, 5.74) is 7.80. The minimum Gasteiger partial charge on any atom is -0.0991 e. The standard InChI is InChI=1S/C23H22/c1-4-5-11-19-12-8-6-7-10-17(2)21-14-9-13-20-16-15-18(3)22(19)23(20)21/h4-15,22H,1-2,16H2,3H3/b8-6-,10-7-,11-5-,19-12+. The molecule has 0 fully saturated rings. The van der Waals surface area contributed by atoms with Gasteiger partial charge < -0.3 is 0 Å². The van der Waals surface area contributed by atoms with E-state index < -0.39 is 0 Å². The quantitative estimate of drug-likeness (QED) is 0.458. The van der Waals surface area contributed by atoms with Crippen molar-refractivity contribution in [1.82, 2.24) is 0 Å². The summed E-state index contributed by atoms with van der Waals surface area (Å²) in [5, 5.41) is 0. The van der Waals surface area contributed by atoms with Crippen molar-refractivity contribution in [3.8, 4) is 0 Å². The van der Waals surface area contributed by atoms with Gasteiger partial charge in [-0.1, -0.05) is 91.6 Å². The molecule has 2 aliphatic rings. The van der Waals surface area contributed by atoms with Crippen LogP contribution in [0.15, 0.2) is 97.2 Å². The van der Waals surface area contributed by atoms with Crippen LogP contribution >= 0.6 is 0 Å². The van der Waals surface area contributed by atoms with Crippen molar-refractivity contribution >= 4 is 5.57 Å². The predicted molar refractivity (Wildman–Crippen MR) is 101 cm³/mol. The molecule has 0 saturated carbocycles. The first-order chi connectivity index (χ1) is 11.2. The summed E-state index contributed by atoms with van der Waals surface area (Å²) in [6, 6.07) is 6.57. The fourth-order valence-corrected chi connectivity index (χ4v) is 3.38. The van der Waals surface area contributed by atoms with Gasteiger partial charge in [-0.05, 0) is 41.2 Å². The average molecular weight is 298 g/mol. The van der Waals surface area contributed by atoms with Crippen LogP contribution < -0.4 is 0 Å². The fraction of sp³-hybridized carbons (Fsp3) is 0.130. The molecule has 0 radical (unpaired) electrons. The molecule has 0 nitrogen and oxygen atoms in total. The molecule has 0 saturated heterocycles. The Kier molecular flexibility index (Phi) is 4.43. The minimum atomic E-state index is 0.277. The highest BCUT2D eigenvalue weighted by molar-refractivity contribution is 5.77. The first-order valence-electron chi connectivity index (χ1n) is 8.04. The molecule has 0 heterocycles. The molecule has 23 heavy (non-hydrogen) atoms. The van der Waals surface area contributed by atoms with Gasteiger partial charge in [0.15, 0.2) is 0 Å². The molecular weight excluding hydrogens is 276 g/mol. The Labute approximate surface area is 139 Å². The van der Waals surface area contributed by atoms with Crippen LogP contribution in [0.3, 0.4) is 0 Å². The van der Waals surface area contributed by atoms with Crippen LogP contribution in [0.1, 0.15) is 29.5 Å². The minimum absolute atomic E-state index is 0.277. The lowest BCUT2D eigenvalue weighted by atomic mass is 9.74. The van der Waals surface area contributed by atoms with E-state index >= 15 is 0 Å². The first-order valence-corrected chi connectivity index (χ1v) is 8.04. The molecular formula is C23H22. The predicted octanol–water partition coefficient (Wildman–Crippen LogP) is 6.08. The van der Waals surface area contributed by atoms with Crippen LogP contribution in [0.2, 0.25) is 0 Å². The normalized spacial score (nSPS) is 25.1. The van der Waals surface area contributed by atoms with Crippen LogP contribution in [0, 0.1) is 0 Å². The Morgan fingerprint density at radius 2 is 2.04 bits per heavy atom. The zero-order valence-corrected chi connectivity index (χ0v) is 13.6. The van der Waals surface area contributed by atoms with E-state index in [1.807, 2.05) is 12.2 Å². The van der Waals surface area contributed by atoms with Crippen molar-refractivity contribution in [3.05, 3.63) is 114 Å². The van der Waals surface area contributed by atoms with Crippen LogP contribution in [0.5, 0.6) is 0 Å². The molecule has 0 aromatic heterocycles. The molecule has 0 amide bonds. The van der Waals surface area contributed by atoms with Crippen molar-refractivity contribution in [2.75, 3.05) is 0 Å². The van der Waals surface area contributed by atoms with Crippen LogP contribution in [0.25, 0.3) is 5.57 Å². The zero-order valence-electron chi connectivity index (χ0n) is 13.6. The Morgan fingerprint density at radius 3 is 2.87 bits per heavy atom. The summed E-state index contributed by atoms with van der Waals surface area (Å²) in [5.74, 6) is 0.277. The first kappa shape index (κ1) is 15.3. The topological polar surface area (TPSA) is 0 Å². The van der Waals surface area contributed by atoms with Crippen molar-refractivity contribution in [1.29, 1.82) is 0 Å². The van der Waals surface area contributed by atoms with E-state index in [9.17, 15) is 0 Å². The average Bonchev–Trinajstić information content (AvgIpc) is 2.57. The molecule has 0 heteroatoms. The van der Waals surface area contributed by atoms with E-state index in [0.29, 0.717) is 0 Å². The molecule has 0 spiro atoms. The SMILES string of the molecule is C=C\C=C/C1=C\C=C/C=C\C(=C)c2cccc3c2C1C(C)=CC3. The number of allylic oxidation sites excluding steroid dienone is 12. The third-order valence-electron chi connectivity index (χ3n) is 4.50. The molecule has 1 aromatic carbocycles. The number of rotatable bonds is 2. The highest BCUT2D eigenvalue weighted by Crippen LogP contribution is 2.42. The summed E-state index contributed by atoms with van der Waals surface area (Å²) in [7, 11) is 0. The summed E-state index contributed by atoms with van der Waals surface area (Å²) >= 11 is 0. The maximum absolute atomic E-state index is 4.28. The largest absolute Gasteiger partial charge is 0.0991 e. The fourth-order valence-electron chi connectivity index (χ4n) is 3.38. The molecule has 0 aliphatic heterocycles. The Balaban J connectivity index is 2.28. The van der Waals surface area contributed by atoms with E-state index in [1.165, 1.54) is 27.8 Å². The van der Waals surface area contributed by atoms with Gasteiger partial charge in [0.2, 0.25) is 0 Å². The lowest BCUT2D eigenvalue weighted by molar-refractivity contribution is 0.880. The lowest BCUT2D eigenvalue weighted by Crippen LogP contribution is -2.14. The van der Waals surface area contributed by atoms with Crippen molar-refractivity contribution in [2.45, 2.75) is 19.3 Å². The van der Waals surface area contributed by atoms with Crippen LogP contribution in [-0.2, 0) is 6.42 Å². The van der Waals surface area contributed by atoms with Gasteiger partial charge in [0.1, 0.15) is 0 Å². The molecule has 3 rings (SSSR count). The third-order valence-corrected chi connectivity index (χ3v) is 4.50. The third kappa shape index (κ3) is 2.98. The molecule has 0 bridgehead atoms. The van der Waals surface area contributed by atoms with Gasteiger partial charge in [-0.2, -0.15) is 0 Å². The number of hydrogen-bond acceptors (Lipinski definition) is 0. The van der Waals surface area contributed by atoms with Gasteiger partial charge in [0.25, 0.3) is 0 Å². The monoisotopic (exact) mass is 298 g/mol. The second kappa shape index (κ2) is 6.66. The zero-order chi connectivity index (χ0) is 16.2. The molecule has 2 aliphatic carbocycles. The van der Waals surface area contributed by atoms with Crippen molar-refractivity contribution < 1.29 is 0 Å². The second-order valence-electron chi connectivity index (χ2n) is 5.99. The van der Waals surface area contributed by atoms with E-state index in [1.54, 1.807) is 0 Å². The lowest BCUT2D eigenvalue weighted by Gasteiger charge is -2.29. The molecule has 1 atom stereocenters. The highest BCUT2D eigenvalue weighted by Gasteiger charge is 2.26. The smallest absolute Gasteiger partial charge is 0.0305 e. The summed E-state index contributed by atoms with van der Waals surface area (Å²) in [6.07, 6.45) is 19.9. The Hall–Kier alpha value is -2.60. The van der Waals surface area contributed by atoms with Gasteiger partial charge >= 0.3 is 0 Å². The Bertz CT molecular complexity index is 791. The van der Waals surface area contributed by atoms with E-state index in [4.69, 9.17) is 0 Å². The van der Waals surface area contributed by atoms with Gasteiger partial charge in [0, 0.05) is 5.92 Å². The van der Waals surface area contributed by atoms with Gasteiger partial charge in [-0.15, -0.1) is 0 Å². The van der Waals surface area contributed by atoms with Gasteiger partial charge in [0.05, 0.1) is 0 Å². The van der Waals surface area contributed by atoms with E-state index in [0.717, 1.165) is 12.0 Å². The van der Waals surface area contributed by atoms with Gasteiger partial charge in [-0.3, -0.25) is 0 Å². The molecule has 114 valence electrons. The van der Waals surface area contributed by atoms with Crippen molar-refractivity contribution in [2.24, 2.45) is 0 Å². The van der Waals surface area contributed by atoms with E-state index in [-0.39, 0.29) is 5.92 Å². The molecule has 0 N–H and O–H groups in total. The molecule has 1 unspecified atom stereocenters. The van der Waals surface area contributed by atoms with E-state index in [2.05, 4.69) is 80.8 Å². The summed E-state index contributed by atoms with van der Waals surface area (Å²) < 4.78 is 0. The number of benzene rings is 1. The number of hydrogen-bond donors (Lipinski definition) is 0. The summed E-state index contributed by atoms with van der Waals surface area (Å²) in [4.78, 5) is 0. The summed E-state index contributed by atoms with van der Waals surface area (Å²) in [6.45, 7) is 10.3. The maximum Gasteiger partial charge on any atom is 0.0305 e. The van der Waals surface area contributed by atoms with Gasteiger partial charge in [-0.25, -0.2) is 0 Å². The highest BCUT2D eigenvalue weighted by atomic mass is 14.3. The van der Waals surface area contributed by atoms with Crippen LogP contribution in [0.4, 0.5) is 0 Å². The Morgan fingerprint density at radius 1 is 1.17 bits per heavy atom. The maximum atomic E-state index is 4.28. The molecule has 1 aromatic rings. The van der Waals surface area contributed by atoms with Crippen molar-refractivity contribution in [3.63, 3.8) is 0 Å². The second-order valence-corrected chi connectivity index (χ2v) is 5.99.